The molecule has 0 unspecified atom stereocenters. The number of nitrogens with zero attached hydrogens (tertiary/aromatic N) is 3. The lowest BCUT2D eigenvalue weighted by atomic mass is 10.1. The zero-order valence-corrected chi connectivity index (χ0v) is 16.9. The van der Waals surface area contributed by atoms with Gasteiger partial charge in [0.2, 0.25) is 5.91 Å². The van der Waals surface area contributed by atoms with Gasteiger partial charge in [0.25, 0.3) is 5.56 Å². The third-order valence-electron chi connectivity index (χ3n) is 4.42. The first-order valence-electron chi connectivity index (χ1n) is 8.88. The van der Waals surface area contributed by atoms with Crippen molar-refractivity contribution < 1.29 is 9.32 Å². The van der Waals surface area contributed by atoms with Gasteiger partial charge in [-0.15, -0.1) is 11.3 Å². The molecule has 9 heteroatoms. The summed E-state index contributed by atoms with van der Waals surface area (Å²) in [6.07, 6.45) is 0. The van der Waals surface area contributed by atoms with Crippen LogP contribution >= 0.6 is 11.3 Å². The number of anilines is 1. The van der Waals surface area contributed by atoms with Crippen LogP contribution in [0.1, 0.15) is 16.9 Å². The number of aryl methyl sites for hydroxylation is 3. The van der Waals surface area contributed by atoms with Crippen LogP contribution in [0.25, 0.3) is 15.9 Å². The Hall–Kier alpha value is -3.46. The Kier molecular flexibility index (Phi) is 4.67. The topological polar surface area (TPSA) is 99.1 Å². The number of nitrogens with one attached hydrogen (secondary N) is 1. The summed E-state index contributed by atoms with van der Waals surface area (Å²) in [5, 5.41) is 8.05. The van der Waals surface area contributed by atoms with E-state index in [1.807, 2.05) is 19.9 Å². The van der Waals surface area contributed by atoms with Crippen LogP contribution in [-0.2, 0) is 11.3 Å². The van der Waals surface area contributed by atoms with Crippen molar-refractivity contribution in [1.29, 1.82) is 0 Å². The number of hydrogen-bond donors (Lipinski definition) is 1. The van der Waals surface area contributed by atoms with Gasteiger partial charge in [0.15, 0.2) is 5.82 Å². The molecule has 0 bridgehead atoms. The number of thiophene rings is 1. The highest BCUT2D eigenvalue weighted by atomic mass is 32.1. The Balaban J connectivity index is 1.84. The Morgan fingerprint density at radius 3 is 2.52 bits per heavy atom. The van der Waals surface area contributed by atoms with E-state index in [-0.39, 0.29) is 12.4 Å². The molecule has 4 rings (SSSR count). The molecule has 1 aromatic carbocycles. The van der Waals surface area contributed by atoms with Gasteiger partial charge in [0, 0.05) is 6.07 Å². The fourth-order valence-corrected chi connectivity index (χ4v) is 4.12. The molecule has 1 amide bonds. The SMILES string of the molecule is Cc1cc(C)cc(-n2c(=O)c3sccc3n(CC(=O)Nc3cc(C)on3)c2=O)c1. The molecule has 0 aliphatic heterocycles. The summed E-state index contributed by atoms with van der Waals surface area (Å²) in [6, 6.07) is 8.76. The van der Waals surface area contributed by atoms with Crippen LogP contribution in [0.2, 0.25) is 0 Å². The van der Waals surface area contributed by atoms with Crippen LogP contribution in [0.3, 0.4) is 0 Å². The monoisotopic (exact) mass is 410 g/mol. The van der Waals surface area contributed by atoms with Crippen LogP contribution in [0.15, 0.2) is 49.8 Å². The van der Waals surface area contributed by atoms with Crippen molar-refractivity contribution in [1.82, 2.24) is 14.3 Å². The lowest BCUT2D eigenvalue weighted by Crippen LogP contribution is -2.40. The van der Waals surface area contributed by atoms with E-state index in [0.717, 1.165) is 15.7 Å². The Bertz CT molecular complexity index is 1340. The third-order valence-corrected chi connectivity index (χ3v) is 5.31. The second-order valence-electron chi connectivity index (χ2n) is 6.86. The van der Waals surface area contributed by atoms with Gasteiger partial charge in [-0.2, -0.15) is 0 Å². The molecule has 1 N–H and O–H groups in total. The van der Waals surface area contributed by atoms with E-state index in [9.17, 15) is 14.4 Å². The van der Waals surface area contributed by atoms with E-state index in [0.29, 0.717) is 21.7 Å². The minimum atomic E-state index is -0.572. The number of hydrogen-bond acceptors (Lipinski definition) is 6. The van der Waals surface area contributed by atoms with Crippen LogP contribution in [0.5, 0.6) is 0 Å². The maximum atomic E-state index is 13.2. The molecule has 0 aliphatic rings. The Morgan fingerprint density at radius 2 is 1.86 bits per heavy atom. The fraction of sp³-hybridized carbons (Fsp3) is 0.200. The minimum Gasteiger partial charge on any atom is -0.360 e. The van der Waals surface area contributed by atoms with Crippen LogP contribution in [-0.4, -0.2) is 20.2 Å². The molecular weight excluding hydrogens is 392 g/mol. The summed E-state index contributed by atoms with van der Waals surface area (Å²) < 4.78 is 7.76. The molecule has 8 nitrogen and oxygen atoms in total. The van der Waals surface area contributed by atoms with Gasteiger partial charge in [0.05, 0.1) is 11.2 Å². The highest BCUT2D eigenvalue weighted by molar-refractivity contribution is 7.17. The lowest BCUT2D eigenvalue weighted by molar-refractivity contribution is -0.116. The van der Waals surface area contributed by atoms with E-state index in [1.165, 1.54) is 15.9 Å². The summed E-state index contributed by atoms with van der Waals surface area (Å²) in [4.78, 5) is 38.7. The number of carbonyl (C=O) groups is 1. The molecular formula is C20H18N4O4S. The Labute approximate surface area is 169 Å². The molecule has 0 saturated heterocycles. The molecule has 0 saturated carbocycles. The van der Waals surface area contributed by atoms with E-state index in [4.69, 9.17) is 4.52 Å². The second-order valence-corrected chi connectivity index (χ2v) is 7.78. The van der Waals surface area contributed by atoms with Gasteiger partial charge in [-0.3, -0.25) is 14.2 Å². The average molecular weight is 410 g/mol. The zero-order chi connectivity index (χ0) is 20.7. The molecule has 0 atom stereocenters. The molecule has 0 fully saturated rings. The van der Waals surface area contributed by atoms with E-state index in [2.05, 4.69) is 10.5 Å². The largest absolute Gasteiger partial charge is 0.360 e. The molecule has 4 aromatic rings. The van der Waals surface area contributed by atoms with Crippen molar-refractivity contribution in [2.45, 2.75) is 27.3 Å². The summed E-state index contributed by atoms with van der Waals surface area (Å²) in [6.45, 7) is 5.25. The van der Waals surface area contributed by atoms with Crippen molar-refractivity contribution in [2.75, 3.05) is 5.32 Å². The molecule has 0 radical (unpaired) electrons. The first kappa shape index (κ1) is 18.9. The van der Waals surface area contributed by atoms with E-state index >= 15 is 0 Å². The second kappa shape index (κ2) is 7.17. The predicted molar refractivity (Wildman–Crippen MR) is 111 cm³/mol. The maximum absolute atomic E-state index is 13.2. The maximum Gasteiger partial charge on any atom is 0.336 e. The molecule has 29 heavy (non-hydrogen) atoms. The summed E-state index contributed by atoms with van der Waals surface area (Å²) in [5.41, 5.74) is 1.81. The van der Waals surface area contributed by atoms with Gasteiger partial charge >= 0.3 is 5.69 Å². The average Bonchev–Trinajstić information content (AvgIpc) is 3.27. The van der Waals surface area contributed by atoms with Crippen LogP contribution in [0.4, 0.5) is 5.82 Å². The molecule has 0 aliphatic carbocycles. The number of fused-ring (bicyclic) bond motifs is 1. The van der Waals surface area contributed by atoms with Gasteiger partial charge in [-0.1, -0.05) is 11.2 Å². The summed E-state index contributed by atoms with van der Waals surface area (Å²) in [7, 11) is 0. The highest BCUT2D eigenvalue weighted by Crippen LogP contribution is 2.18. The smallest absolute Gasteiger partial charge is 0.336 e. The third kappa shape index (κ3) is 3.52. The van der Waals surface area contributed by atoms with Crippen molar-refractivity contribution in [3.63, 3.8) is 0 Å². The molecule has 0 spiro atoms. The fourth-order valence-electron chi connectivity index (χ4n) is 3.30. The Morgan fingerprint density at radius 1 is 1.14 bits per heavy atom. The zero-order valence-electron chi connectivity index (χ0n) is 16.1. The van der Waals surface area contributed by atoms with Crippen molar-refractivity contribution in [3.05, 3.63) is 73.4 Å². The summed E-state index contributed by atoms with van der Waals surface area (Å²) in [5.74, 6) is 0.379. The standard InChI is InChI=1S/C20H18N4O4S/c1-11-6-12(2)8-14(7-11)24-19(26)18-15(4-5-29-18)23(20(24)27)10-17(25)21-16-9-13(3)28-22-16/h4-9H,10H2,1-3H3,(H,21,22,25). The first-order chi connectivity index (χ1) is 13.8. The number of aromatic nitrogens is 3. The van der Waals surface area contributed by atoms with E-state index in [1.54, 1.807) is 36.6 Å². The van der Waals surface area contributed by atoms with E-state index < -0.39 is 17.2 Å². The van der Waals surface area contributed by atoms with Gasteiger partial charge in [0.1, 0.15) is 17.0 Å². The van der Waals surface area contributed by atoms with Gasteiger partial charge in [-0.05, 0) is 55.5 Å². The van der Waals surface area contributed by atoms with Crippen LogP contribution < -0.4 is 16.6 Å². The number of rotatable bonds is 4. The molecule has 148 valence electrons. The molecule has 3 aromatic heterocycles. The first-order valence-corrected chi connectivity index (χ1v) is 9.76. The highest BCUT2D eigenvalue weighted by Gasteiger charge is 2.18. The van der Waals surface area contributed by atoms with Crippen molar-refractivity contribution in [2.24, 2.45) is 0 Å². The van der Waals surface area contributed by atoms with Crippen molar-refractivity contribution >= 4 is 33.3 Å². The van der Waals surface area contributed by atoms with Crippen LogP contribution in [0, 0.1) is 20.8 Å². The number of amides is 1. The van der Waals surface area contributed by atoms with Crippen molar-refractivity contribution in [3.8, 4) is 5.69 Å². The normalized spacial score (nSPS) is 11.1. The minimum absolute atomic E-state index is 0.261. The van der Waals surface area contributed by atoms with Gasteiger partial charge in [-0.25, -0.2) is 9.36 Å². The number of carbonyl (C=O) groups excluding carboxylic acids is 1. The molecule has 3 heterocycles. The van der Waals surface area contributed by atoms with Gasteiger partial charge < -0.3 is 9.84 Å². The summed E-state index contributed by atoms with van der Waals surface area (Å²) >= 11 is 1.24. The number of benzene rings is 1. The predicted octanol–water partition coefficient (Wildman–Crippen LogP) is 2.77. The lowest BCUT2D eigenvalue weighted by Gasteiger charge is -2.13. The quantitative estimate of drug-likeness (QED) is 0.558.